The highest BCUT2D eigenvalue weighted by atomic mass is 16.3. The van der Waals surface area contributed by atoms with Crippen LogP contribution in [0, 0.1) is 0 Å². The fraction of sp³-hybridized carbons (Fsp3) is 0.556. The highest BCUT2D eigenvalue weighted by molar-refractivity contribution is 5.10. The van der Waals surface area contributed by atoms with Crippen molar-refractivity contribution in [2.75, 3.05) is 6.54 Å². The lowest BCUT2D eigenvalue weighted by molar-refractivity contribution is 0.427. The molecule has 0 spiro atoms. The Labute approximate surface area is 72.7 Å². The molecule has 1 aromatic heterocycles. The molecule has 0 saturated carbocycles. The van der Waals surface area contributed by atoms with Gasteiger partial charge in [0.25, 0.3) is 0 Å². The van der Waals surface area contributed by atoms with E-state index in [0.717, 1.165) is 24.4 Å². The Balaban J connectivity index is 2.61. The van der Waals surface area contributed by atoms with Crippen LogP contribution < -0.4 is 11.5 Å². The number of hydrogen-bond donors (Lipinski definition) is 2. The van der Waals surface area contributed by atoms with Gasteiger partial charge in [-0.1, -0.05) is 6.92 Å². The first-order chi connectivity index (χ1) is 5.77. The summed E-state index contributed by atoms with van der Waals surface area (Å²) in [6, 6.07) is 3.85. The Morgan fingerprint density at radius 1 is 1.50 bits per heavy atom. The lowest BCUT2D eigenvalue weighted by Gasteiger charge is -2.05. The van der Waals surface area contributed by atoms with Gasteiger partial charge in [0.05, 0.1) is 6.04 Å². The molecule has 0 aliphatic carbocycles. The maximum Gasteiger partial charge on any atom is 0.120 e. The van der Waals surface area contributed by atoms with Crippen molar-refractivity contribution in [2.45, 2.75) is 25.8 Å². The molecule has 3 nitrogen and oxygen atoms in total. The van der Waals surface area contributed by atoms with Crippen LogP contribution in [0.4, 0.5) is 0 Å². The average Bonchev–Trinajstić information content (AvgIpc) is 2.52. The zero-order chi connectivity index (χ0) is 8.97. The van der Waals surface area contributed by atoms with Crippen molar-refractivity contribution >= 4 is 0 Å². The Kier molecular flexibility index (Phi) is 3.31. The summed E-state index contributed by atoms with van der Waals surface area (Å²) in [5, 5.41) is 0. The molecule has 0 amide bonds. The van der Waals surface area contributed by atoms with Crippen molar-refractivity contribution in [3.05, 3.63) is 23.7 Å². The van der Waals surface area contributed by atoms with Crippen molar-refractivity contribution in [1.29, 1.82) is 0 Å². The molecule has 3 heteroatoms. The first-order valence-electron chi connectivity index (χ1n) is 4.32. The maximum atomic E-state index is 5.80. The van der Waals surface area contributed by atoms with Gasteiger partial charge in [0.15, 0.2) is 0 Å². The van der Waals surface area contributed by atoms with Crippen LogP contribution in [0.2, 0.25) is 0 Å². The van der Waals surface area contributed by atoms with Gasteiger partial charge in [-0.05, 0) is 25.1 Å². The topological polar surface area (TPSA) is 65.2 Å². The third kappa shape index (κ3) is 2.09. The largest absolute Gasteiger partial charge is 0.464 e. The van der Waals surface area contributed by atoms with E-state index in [9.17, 15) is 0 Å². The highest BCUT2D eigenvalue weighted by Gasteiger charge is 2.08. The van der Waals surface area contributed by atoms with E-state index < -0.39 is 0 Å². The van der Waals surface area contributed by atoms with E-state index in [1.807, 2.05) is 12.1 Å². The lowest BCUT2D eigenvalue weighted by Crippen LogP contribution is -2.14. The fourth-order valence-corrected chi connectivity index (χ4v) is 1.11. The molecule has 0 radical (unpaired) electrons. The van der Waals surface area contributed by atoms with Crippen LogP contribution in [-0.2, 0) is 6.42 Å². The van der Waals surface area contributed by atoms with Crippen LogP contribution >= 0.6 is 0 Å². The molecule has 0 unspecified atom stereocenters. The minimum absolute atomic E-state index is 0.0460. The lowest BCUT2D eigenvalue weighted by atomic mass is 10.2. The van der Waals surface area contributed by atoms with E-state index in [1.165, 1.54) is 0 Å². The van der Waals surface area contributed by atoms with Crippen molar-refractivity contribution in [2.24, 2.45) is 11.5 Å². The van der Waals surface area contributed by atoms with Gasteiger partial charge in [-0.25, -0.2) is 0 Å². The summed E-state index contributed by atoms with van der Waals surface area (Å²) in [4.78, 5) is 0. The van der Waals surface area contributed by atoms with Crippen LogP contribution in [0.1, 0.15) is 30.9 Å². The summed E-state index contributed by atoms with van der Waals surface area (Å²) in [6.07, 6.45) is 1.69. The van der Waals surface area contributed by atoms with Crippen LogP contribution in [0.5, 0.6) is 0 Å². The standard InChI is InChI=1S/C9H16N2O/c1-2-7-3-4-9(12-7)8(11)5-6-10/h3-4,8H,2,5-6,10-11H2,1H3/t8-/m1/s1. The smallest absolute Gasteiger partial charge is 0.120 e. The van der Waals surface area contributed by atoms with E-state index >= 15 is 0 Å². The molecule has 0 fully saturated rings. The van der Waals surface area contributed by atoms with Gasteiger partial charge < -0.3 is 15.9 Å². The zero-order valence-electron chi connectivity index (χ0n) is 7.42. The third-order valence-corrected chi connectivity index (χ3v) is 1.87. The molecule has 0 aliphatic rings. The summed E-state index contributed by atoms with van der Waals surface area (Å²) < 4.78 is 5.47. The SMILES string of the molecule is CCc1ccc([C@H](N)CCN)o1. The highest BCUT2D eigenvalue weighted by Crippen LogP contribution is 2.16. The van der Waals surface area contributed by atoms with Crippen molar-refractivity contribution < 1.29 is 4.42 Å². The molecule has 68 valence electrons. The first kappa shape index (κ1) is 9.29. The molecule has 0 aromatic carbocycles. The summed E-state index contributed by atoms with van der Waals surface area (Å²) in [5.41, 5.74) is 11.2. The summed E-state index contributed by atoms with van der Waals surface area (Å²) >= 11 is 0. The van der Waals surface area contributed by atoms with Crippen LogP contribution in [0.3, 0.4) is 0 Å². The van der Waals surface area contributed by atoms with E-state index in [0.29, 0.717) is 6.54 Å². The van der Waals surface area contributed by atoms with Crippen molar-refractivity contribution in [3.63, 3.8) is 0 Å². The number of aryl methyl sites for hydroxylation is 1. The molecule has 4 N–H and O–H groups in total. The number of nitrogens with two attached hydrogens (primary N) is 2. The third-order valence-electron chi connectivity index (χ3n) is 1.87. The van der Waals surface area contributed by atoms with Gasteiger partial charge in [-0.2, -0.15) is 0 Å². The second-order valence-electron chi connectivity index (χ2n) is 2.84. The van der Waals surface area contributed by atoms with E-state index in [-0.39, 0.29) is 6.04 Å². The van der Waals surface area contributed by atoms with Crippen molar-refractivity contribution in [1.82, 2.24) is 0 Å². The normalized spacial score (nSPS) is 13.2. The van der Waals surface area contributed by atoms with Crippen LogP contribution in [-0.4, -0.2) is 6.54 Å². The summed E-state index contributed by atoms with van der Waals surface area (Å²) in [7, 11) is 0. The number of rotatable bonds is 4. The number of furan rings is 1. The molecular weight excluding hydrogens is 152 g/mol. The summed E-state index contributed by atoms with van der Waals surface area (Å²) in [5.74, 6) is 1.83. The maximum absolute atomic E-state index is 5.80. The first-order valence-corrected chi connectivity index (χ1v) is 4.32. The summed E-state index contributed by atoms with van der Waals surface area (Å²) in [6.45, 7) is 2.65. The second kappa shape index (κ2) is 4.28. The Hall–Kier alpha value is -0.800. The molecule has 0 aliphatic heterocycles. The van der Waals surface area contributed by atoms with E-state index in [1.54, 1.807) is 0 Å². The van der Waals surface area contributed by atoms with Gasteiger partial charge in [0, 0.05) is 6.42 Å². The van der Waals surface area contributed by atoms with Gasteiger partial charge in [-0.3, -0.25) is 0 Å². The quantitative estimate of drug-likeness (QED) is 0.709. The Morgan fingerprint density at radius 2 is 2.25 bits per heavy atom. The predicted octanol–water partition coefficient (Wildman–Crippen LogP) is 1.19. The predicted molar refractivity (Wildman–Crippen MR) is 48.7 cm³/mol. The number of hydrogen-bond acceptors (Lipinski definition) is 3. The molecule has 0 saturated heterocycles. The Bertz CT molecular complexity index is 232. The molecule has 1 aromatic rings. The monoisotopic (exact) mass is 168 g/mol. The molecule has 12 heavy (non-hydrogen) atoms. The average molecular weight is 168 g/mol. The molecular formula is C9H16N2O. The van der Waals surface area contributed by atoms with Crippen LogP contribution in [0.15, 0.2) is 16.5 Å². The van der Waals surface area contributed by atoms with Gasteiger partial charge in [-0.15, -0.1) is 0 Å². The zero-order valence-corrected chi connectivity index (χ0v) is 7.42. The fourth-order valence-electron chi connectivity index (χ4n) is 1.11. The van der Waals surface area contributed by atoms with Crippen LogP contribution in [0.25, 0.3) is 0 Å². The Morgan fingerprint density at radius 3 is 2.75 bits per heavy atom. The molecule has 1 rings (SSSR count). The second-order valence-corrected chi connectivity index (χ2v) is 2.84. The van der Waals surface area contributed by atoms with E-state index in [2.05, 4.69) is 6.92 Å². The van der Waals surface area contributed by atoms with Gasteiger partial charge >= 0.3 is 0 Å². The van der Waals surface area contributed by atoms with Crippen molar-refractivity contribution in [3.8, 4) is 0 Å². The minimum atomic E-state index is -0.0460. The molecule has 0 bridgehead atoms. The molecule has 1 heterocycles. The minimum Gasteiger partial charge on any atom is -0.464 e. The molecule has 1 atom stereocenters. The van der Waals surface area contributed by atoms with E-state index in [4.69, 9.17) is 15.9 Å². The van der Waals surface area contributed by atoms with Gasteiger partial charge in [0.1, 0.15) is 11.5 Å². The van der Waals surface area contributed by atoms with Gasteiger partial charge in [0.2, 0.25) is 0 Å².